The highest BCUT2D eigenvalue weighted by molar-refractivity contribution is 7.09. The first-order valence-corrected chi connectivity index (χ1v) is 10.3. The normalized spacial score (nSPS) is 21.9. The Morgan fingerprint density at radius 3 is 2.81 bits per heavy atom. The quantitative estimate of drug-likeness (QED) is 0.892. The highest BCUT2D eigenvalue weighted by Gasteiger charge is 2.30. The highest BCUT2D eigenvalue weighted by Crippen LogP contribution is 2.30. The second kappa shape index (κ2) is 7.44. The molecule has 0 bridgehead atoms. The summed E-state index contributed by atoms with van der Waals surface area (Å²) in [5.74, 6) is 0.354. The highest BCUT2D eigenvalue weighted by atomic mass is 32.1. The Morgan fingerprint density at radius 2 is 2.08 bits per heavy atom. The Morgan fingerprint density at radius 1 is 1.27 bits per heavy atom. The Balaban J connectivity index is 1.49. The van der Waals surface area contributed by atoms with Gasteiger partial charge in [0.1, 0.15) is 0 Å². The molecule has 4 heterocycles. The predicted molar refractivity (Wildman–Crippen MR) is 101 cm³/mol. The maximum absolute atomic E-state index is 13.1. The topological polar surface area (TPSA) is 75.9 Å². The first-order chi connectivity index (χ1) is 12.6. The smallest absolute Gasteiger partial charge is 0.276 e. The minimum absolute atomic E-state index is 0.0145. The molecule has 0 aromatic carbocycles. The summed E-state index contributed by atoms with van der Waals surface area (Å²) in [4.78, 5) is 19.6. The van der Waals surface area contributed by atoms with Gasteiger partial charge in [-0.2, -0.15) is 0 Å². The zero-order valence-corrected chi connectivity index (χ0v) is 16.3. The summed E-state index contributed by atoms with van der Waals surface area (Å²) in [5, 5.41) is 15.2. The number of amides is 1. The van der Waals surface area contributed by atoms with Crippen molar-refractivity contribution in [3.05, 3.63) is 27.5 Å². The van der Waals surface area contributed by atoms with Crippen molar-refractivity contribution in [1.82, 2.24) is 30.2 Å². The van der Waals surface area contributed by atoms with Crippen molar-refractivity contribution in [3.8, 4) is 0 Å². The molecule has 2 aromatic rings. The summed E-state index contributed by atoms with van der Waals surface area (Å²) in [5.41, 5.74) is 2.47. The number of carbonyl (C=O) groups excluding carboxylic acids is 1. The van der Waals surface area contributed by atoms with Gasteiger partial charge in [0.2, 0.25) is 0 Å². The van der Waals surface area contributed by atoms with E-state index >= 15 is 0 Å². The molecule has 1 amide bonds. The molecule has 2 fully saturated rings. The third-order valence-corrected chi connectivity index (χ3v) is 6.60. The van der Waals surface area contributed by atoms with Gasteiger partial charge in [-0.25, -0.2) is 9.67 Å². The number of rotatable bonds is 3. The number of aryl methyl sites for hydroxylation is 1. The maximum atomic E-state index is 13.1. The average molecular weight is 375 g/mol. The zero-order valence-electron chi connectivity index (χ0n) is 15.4. The summed E-state index contributed by atoms with van der Waals surface area (Å²) < 4.78 is 1.96. The van der Waals surface area contributed by atoms with Gasteiger partial charge in [0.05, 0.1) is 16.7 Å². The van der Waals surface area contributed by atoms with Gasteiger partial charge in [0, 0.05) is 30.1 Å². The maximum Gasteiger partial charge on any atom is 0.276 e. The van der Waals surface area contributed by atoms with Gasteiger partial charge >= 0.3 is 0 Å². The van der Waals surface area contributed by atoms with Gasteiger partial charge in [-0.15, -0.1) is 16.4 Å². The van der Waals surface area contributed by atoms with Crippen LogP contribution in [-0.2, 0) is 0 Å². The summed E-state index contributed by atoms with van der Waals surface area (Å²) in [6.07, 6.45) is 4.17. The molecule has 7 nitrogen and oxygen atoms in total. The van der Waals surface area contributed by atoms with Crippen LogP contribution in [0.5, 0.6) is 0 Å². The lowest BCUT2D eigenvalue weighted by Crippen LogP contribution is -2.39. The van der Waals surface area contributed by atoms with Crippen molar-refractivity contribution in [2.75, 3.05) is 26.2 Å². The summed E-state index contributed by atoms with van der Waals surface area (Å²) in [6.45, 7) is 7.50. The Bertz CT molecular complexity index is 778. The van der Waals surface area contributed by atoms with Crippen LogP contribution in [0, 0.1) is 13.8 Å². The molecule has 140 valence electrons. The minimum Gasteiger partial charge on any atom is -0.336 e. The van der Waals surface area contributed by atoms with Crippen LogP contribution in [0.2, 0.25) is 0 Å². The fraction of sp³-hybridized carbons (Fsp3) is 0.667. The van der Waals surface area contributed by atoms with Crippen LogP contribution < -0.4 is 5.32 Å². The van der Waals surface area contributed by atoms with E-state index in [4.69, 9.17) is 0 Å². The average Bonchev–Trinajstić information content (AvgIpc) is 3.28. The van der Waals surface area contributed by atoms with E-state index in [-0.39, 0.29) is 5.91 Å². The zero-order chi connectivity index (χ0) is 18.1. The van der Waals surface area contributed by atoms with Crippen molar-refractivity contribution < 1.29 is 4.79 Å². The number of hydrogen-bond donors (Lipinski definition) is 1. The lowest BCUT2D eigenvalue weighted by Gasteiger charge is -2.31. The van der Waals surface area contributed by atoms with E-state index in [0.29, 0.717) is 17.7 Å². The number of likely N-dealkylation sites (tertiary alicyclic amines) is 1. The van der Waals surface area contributed by atoms with Crippen molar-refractivity contribution in [1.29, 1.82) is 0 Å². The lowest BCUT2D eigenvalue weighted by molar-refractivity contribution is 0.0700. The van der Waals surface area contributed by atoms with Crippen molar-refractivity contribution in [3.63, 3.8) is 0 Å². The Labute approximate surface area is 157 Å². The molecule has 2 aliphatic heterocycles. The first kappa shape index (κ1) is 17.6. The van der Waals surface area contributed by atoms with E-state index < -0.39 is 0 Å². The standard InChI is InChI=1S/C18H26N6OS/c1-12-11-26-17(20-12)14-4-3-9-23(10-14)18(25)16-13(2)24(22-21-16)15-5-7-19-8-6-15/h11,14-15,19H,3-10H2,1-2H3. The molecule has 1 atom stereocenters. The van der Waals surface area contributed by atoms with Crippen molar-refractivity contribution >= 4 is 17.2 Å². The SMILES string of the molecule is Cc1csc(C2CCCN(C(=O)c3nnn(C4CCNCC4)c3C)C2)n1. The molecule has 0 aliphatic carbocycles. The van der Waals surface area contributed by atoms with E-state index in [9.17, 15) is 4.79 Å². The van der Waals surface area contributed by atoms with Gasteiger partial charge in [-0.05, 0) is 52.6 Å². The molecule has 1 unspecified atom stereocenters. The van der Waals surface area contributed by atoms with E-state index in [1.54, 1.807) is 11.3 Å². The van der Waals surface area contributed by atoms with Gasteiger partial charge in [-0.3, -0.25) is 4.79 Å². The lowest BCUT2D eigenvalue weighted by atomic mass is 9.98. The molecular formula is C18H26N6OS. The molecule has 26 heavy (non-hydrogen) atoms. The van der Waals surface area contributed by atoms with Crippen molar-refractivity contribution in [2.45, 2.75) is 51.5 Å². The van der Waals surface area contributed by atoms with Crippen LogP contribution in [0.1, 0.15) is 64.5 Å². The second-order valence-corrected chi connectivity index (χ2v) is 8.26. The van der Waals surface area contributed by atoms with Gasteiger partial charge in [0.15, 0.2) is 5.69 Å². The molecule has 1 N–H and O–H groups in total. The third-order valence-electron chi connectivity index (χ3n) is 5.48. The van der Waals surface area contributed by atoms with E-state index in [1.165, 1.54) is 0 Å². The van der Waals surface area contributed by atoms with Crippen LogP contribution in [0.15, 0.2) is 5.38 Å². The van der Waals surface area contributed by atoms with Crippen LogP contribution in [0.4, 0.5) is 0 Å². The molecule has 0 radical (unpaired) electrons. The van der Waals surface area contributed by atoms with Gasteiger partial charge < -0.3 is 10.2 Å². The number of piperidine rings is 2. The fourth-order valence-electron chi connectivity index (χ4n) is 4.01. The number of aromatic nitrogens is 4. The van der Waals surface area contributed by atoms with Crippen LogP contribution in [0.25, 0.3) is 0 Å². The number of nitrogens with zero attached hydrogens (tertiary/aromatic N) is 5. The van der Waals surface area contributed by atoms with Crippen molar-refractivity contribution in [2.24, 2.45) is 0 Å². The first-order valence-electron chi connectivity index (χ1n) is 9.47. The van der Waals surface area contributed by atoms with E-state index in [1.807, 2.05) is 23.4 Å². The monoisotopic (exact) mass is 374 g/mol. The Hall–Kier alpha value is -1.80. The van der Waals surface area contributed by atoms with E-state index in [2.05, 4.69) is 26.0 Å². The largest absolute Gasteiger partial charge is 0.336 e. The predicted octanol–water partition coefficient (Wildman–Crippen LogP) is 2.30. The Kier molecular flexibility index (Phi) is 5.04. The molecule has 2 aliphatic rings. The number of nitrogens with one attached hydrogen (secondary N) is 1. The second-order valence-electron chi connectivity index (χ2n) is 7.37. The molecule has 8 heteroatoms. The minimum atomic E-state index is 0.0145. The number of thiazole rings is 1. The fourth-order valence-corrected chi connectivity index (χ4v) is 4.93. The van der Waals surface area contributed by atoms with Crippen LogP contribution in [-0.4, -0.2) is 57.0 Å². The van der Waals surface area contributed by atoms with Crippen LogP contribution >= 0.6 is 11.3 Å². The third kappa shape index (κ3) is 3.40. The summed E-state index contributed by atoms with van der Waals surface area (Å²) >= 11 is 1.70. The summed E-state index contributed by atoms with van der Waals surface area (Å²) in [7, 11) is 0. The molecule has 0 saturated carbocycles. The molecule has 0 spiro atoms. The van der Waals surface area contributed by atoms with Crippen LogP contribution in [0.3, 0.4) is 0 Å². The van der Waals surface area contributed by atoms with Gasteiger partial charge in [0.25, 0.3) is 5.91 Å². The number of hydrogen-bond acceptors (Lipinski definition) is 6. The van der Waals surface area contributed by atoms with E-state index in [0.717, 1.165) is 68.3 Å². The molecule has 4 rings (SSSR count). The molecular weight excluding hydrogens is 348 g/mol. The molecule has 2 saturated heterocycles. The molecule has 2 aromatic heterocycles. The number of carbonyl (C=O) groups is 1. The summed E-state index contributed by atoms with van der Waals surface area (Å²) in [6, 6.07) is 0.345. The van der Waals surface area contributed by atoms with Gasteiger partial charge in [-0.1, -0.05) is 5.21 Å².